The van der Waals surface area contributed by atoms with Crippen molar-refractivity contribution >= 4 is 45.1 Å². The van der Waals surface area contributed by atoms with Gasteiger partial charge in [0.05, 0.1) is 42.8 Å². The van der Waals surface area contributed by atoms with E-state index in [-0.39, 0.29) is 22.2 Å². The molecule has 2 aromatic heterocycles. The van der Waals surface area contributed by atoms with Gasteiger partial charge in [0.15, 0.2) is 5.69 Å². The number of thiazole rings is 1. The molecule has 1 aliphatic rings. The van der Waals surface area contributed by atoms with Crippen LogP contribution in [-0.4, -0.2) is 49.3 Å². The SMILES string of the molecule is COc1cc(N2CCOCC2)ccc1Nc1cc(Nc2scnc2C(N)=O)c(C(F)(F)F)cn1. The van der Waals surface area contributed by atoms with E-state index in [0.29, 0.717) is 30.8 Å². The van der Waals surface area contributed by atoms with Gasteiger partial charge in [0, 0.05) is 37.1 Å². The lowest BCUT2D eigenvalue weighted by Crippen LogP contribution is -2.36. The molecule has 1 aliphatic heterocycles. The molecular formula is C21H21F3N6O3S. The third-order valence-corrected chi connectivity index (χ3v) is 5.82. The Balaban J connectivity index is 1.64. The lowest BCUT2D eigenvalue weighted by Gasteiger charge is -2.29. The van der Waals surface area contributed by atoms with Crippen molar-refractivity contribution in [2.75, 3.05) is 48.9 Å². The molecule has 1 saturated heterocycles. The summed E-state index contributed by atoms with van der Waals surface area (Å²) in [5, 5.41) is 5.72. The highest BCUT2D eigenvalue weighted by Gasteiger charge is 2.35. The van der Waals surface area contributed by atoms with Crippen LogP contribution in [0.1, 0.15) is 16.1 Å². The molecule has 1 amide bonds. The van der Waals surface area contributed by atoms with Gasteiger partial charge < -0.3 is 30.7 Å². The van der Waals surface area contributed by atoms with E-state index in [1.54, 1.807) is 6.07 Å². The minimum atomic E-state index is -4.68. The van der Waals surface area contributed by atoms with Crippen LogP contribution < -0.4 is 26.0 Å². The van der Waals surface area contributed by atoms with Gasteiger partial charge in [0.25, 0.3) is 5.91 Å². The maximum absolute atomic E-state index is 13.6. The zero-order valence-corrected chi connectivity index (χ0v) is 18.8. The number of nitrogens with two attached hydrogens (primary N) is 1. The van der Waals surface area contributed by atoms with Gasteiger partial charge in [-0.3, -0.25) is 4.79 Å². The minimum absolute atomic E-state index is 0.0996. The van der Waals surface area contributed by atoms with Crippen molar-refractivity contribution < 1.29 is 27.4 Å². The summed E-state index contributed by atoms with van der Waals surface area (Å²) in [7, 11) is 1.51. The van der Waals surface area contributed by atoms with Crippen molar-refractivity contribution in [3.05, 3.63) is 47.2 Å². The normalized spacial score (nSPS) is 14.1. The fraction of sp³-hybridized carbons (Fsp3) is 0.286. The van der Waals surface area contributed by atoms with Crippen LogP contribution in [0.3, 0.4) is 0 Å². The number of benzene rings is 1. The van der Waals surface area contributed by atoms with E-state index in [1.807, 2.05) is 12.1 Å². The summed E-state index contributed by atoms with van der Waals surface area (Å²) in [6.07, 6.45) is -3.97. The van der Waals surface area contributed by atoms with Crippen LogP contribution in [0.25, 0.3) is 0 Å². The van der Waals surface area contributed by atoms with Crippen molar-refractivity contribution in [1.29, 1.82) is 0 Å². The Labute approximate surface area is 196 Å². The molecule has 4 rings (SSSR count). The molecule has 180 valence electrons. The summed E-state index contributed by atoms with van der Waals surface area (Å²) < 4.78 is 51.6. The first-order valence-electron chi connectivity index (χ1n) is 10.1. The topological polar surface area (TPSA) is 115 Å². The Bertz CT molecular complexity index is 1180. The number of carbonyl (C=O) groups is 1. The number of methoxy groups -OCH3 is 1. The number of hydrogen-bond acceptors (Lipinski definition) is 9. The number of carbonyl (C=O) groups excluding carboxylic acids is 1. The Morgan fingerprint density at radius 1 is 1.18 bits per heavy atom. The molecule has 0 bridgehead atoms. The lowest BCUT2D eigenvalue weighted by atomic mass is 10.2. The van der Waals surface area contributed by atoms with E-state index < -0.39 is 17.6 Å². The molecule has 1 fully saturated rings. The Morgan fingerprint density at radius 3 is 2.62 bits per heavy atom. The largest absolute Gasteiger partial charge is 0.494 e. The molecule has 0 unspecified atom stereocenters. The van der Waals surface area contributed by atoms with Gasteiger partial charge in [-0.05, 0) is 12.1 Å². The van der Waals surface area contributed by atoms with Crippen LogP contribution in [0.2, 0.25) is 0 Å². The van der Waals surface area contributed by atoms with Crippen LogP contribution >= 0.6 is 11.3 Å². The number of nitrogens with one attached hydrogen (secondary N) is 2. The van der Waals surface area contributed by atoms with Crippen molar-refractivity contribution in [2.24, 2.45) is 5.73 Å². The van der Waals surface area contributed by atoms with Gasteiger partial charge in [-0.1, -0.05) is 0 Å². The molecule has 34 heavy (non-hydrogen) atoms. The van der Waals surface area contributed by atoms with Gasteiger partial charge >= 0.3 is 6.18 Å². The number of hydrogen-bond donors (Lipinski definition) is 3. The first kappa shape index (κ1) is 23.6. The van der Waals surface area contributed by atoms with Crippen molar-refractivity contribution in [2.45, 2.75) is 6.18 Å². The molecule has 1 aromatic carbocycles. The second-order valence-electron chi connectivity index (χ2n) is 7.24. The first-order valence-corrected chi connectivity index (χ1v) is 11.0. The Morgan fingerprint density at radius 2 is 1.94 bits per heavy atom. The zero-order chi connectivity index (χ0) is 24.3. The number of morpholine rings is 1. The van der Waals surface area contributed by atoms with E-state index in [1.165, 1.54) is 18.7 Å². The number of pyridine rings is 1. The molecule has 0 spiro atoms. The average molecular weight is 494 g/mol. The van der Waals surface area contributed by atoms with E-state index in [4.69, 9.17) is 15.2 Å². The van der Waals surface area contributed by atoms with Crippen molar-refractivity contribution in [3.8, 4) is 5.75 Å². The molecule has 0 saturated carbocycles. The number of primary amides is 1. The minimum Gasteiger partial charge on any atom is -0.494 e. The van der Waals surface area contributed by atoms with Gasteiger partial charge in [0.1, 0.15) is 16.6 Å². The monoisotopic (exact) mass is 494 g/mol. The second-order valence-corrected chi connectivity index (χ2v) is 8.10. The molecule has 3 heterocycles. The second kappa shape index (κ2) is 9.73. The fourth-order valence-corrected chi connectivity index (χ4v) is 4.12. The Hall–Kier alpha value is -3.58. The summed E-state index contributed by atoms with van der Waals surface area (Å²) in [5.41, 5.74) is 6.58. The summed E-state index contributed by atoms with van der Waals surface area (Å²) in [6, 6.07) is 6.69. The fourth-order valence-electron chi connectivity index (χ4n) is 3.43. The number of nitrogens with zero attached hydrogens (tertiary/aromatic N) is 3. The molecule has 13 heteroatoms. The summed E-state index contributed by atoms with van der Waals surface area (Å²) in [6.45, 7) is 2.75. The first-order chi connectivity index (χ1) is 16.3. The van der Waals surface area contributed by atoms with Crippen LogP contribution in [0.15, 0.2) is 36.0 Å². The van der Waals surface area contributed by atoms with Gasteiger partial charge in [-0.15, -0.1) is 11.3 Å². The van der Waals surface area contributed by atoms with E-state index in [2.05, 4.69) is 25.5 Å². The standard InChI is InChI=1S/C21H21F3N6O3S/c1-32-16-8-12(30-4-6-33-7-5-30)2-3-14(16)28-17-9-15(13(10-26-17)21(22,23)24)29-20-18(19(25)31)27-11-34-20/h2-3,8-11H,4-7H2,1H3,(H2,25,31)(H2,26,28,29). The van der Waals surface area contributed by atoms with E-state index in [0.717, 1.165) is 30.1 Å². The number of rotatable bonds is 7. The summed E-state index contributed by atoms with van der Waals surface area (Å²) >= 11 is 0.958. The van der Waals surface area contributed by atoms with Crippen molar-refractivity contribution in [3.63, 3.8) is 0 Å². The smallest absolute Gasteiger partial charge is 0.419 e. The quantitative estimate of drug-likeness (QED) is 0.452. The zero-order valence-electron chi connectivity index (χ0n) is 18.0. The number of aromatic nitrogens is 2. The van der Waals surface area contributed by atoms with Crippen molar-refractivity contribution in [1.82, 2.24) is 9.97 Å². The van der Waals surface area contributed by atoms with Crippen LogP contribution in [-0.2, 0) is 10.9 Å². The molecule has 9 nitrogen and oxygen atoms in total. The Kier molecular flexibility index (Phi) is 6.75. The lowest BCUT2D eigenvalue weighted by molar-refractivity contribution is -0.137. The molecule has 0 atom stereocenters. The number of anilines is 5. The molecular weight excluding hydrogens is 473 g/mol. The number of amides is 1. The third-order valence-electron chi connectivity index (χ3n) is 5.08. The molecule has 3 aromatic rings. The van der Waals surface area contributed by atoms with Crippen LogP contribution in [0.4, 0.5) is 41.1 Å². The average Bonchev–Trinajstić information content (AvgIpc) is 3.28. The molecule has 0 radical (unpaired) electrons. The number of ether oxygens (including phenoxy) is 2. The molecule has 0 aliphatic carbocycles. The number of alkyl halides is 3. The van der Waals surface area contributed by atoms with Gasteiger partial charge in [0.2, 0.25) is 0 Å². The van der Waals surface area contributed by atoms with Crippen LogP contribution in [0.5, 0.6) is 5.75 Å². The maximum atomic E-state index is 13.6. The third kappa shape index (κ3) is 5.15. The predicted octanol–water partition coefficient (Wildman–Crippen LogP) is 3.99. The van der Waals surface area contributed by atoms with E-state index in [9.17, 15) is 18.0 Å². The molecule has 4 N–H and O–H groups in total. The predicted molar refractivity (Wildman–Crippen MR) is 122 cm³/mol. The number of halogens is 3. The summed E-state index contributed by atoms with van der Waals surface area (Å²) in [5.74, 6) is -0.216. The summed E-state index contributed by atoms with van der Waals surface area (Å²) in [4.78, 5) is 21.4. The van der Waals surface area contributed by atoms with E-state index >= 15 is 0 Å². The maximum Gasteiger partial charge on any atom is 0.419 e. The van der Waals surface area contributed by atoms with Gasteiger partial charge in [-0.25, -0.2) is 9.97 Å². The van der Waals surface area contributed by atoms with Gasteiger partial charge in [-0.2, -0.15) is 13.2 Å². The highest BCUT2D eigenvalue weighted by atomic mass is 32.1. The highest BCUT2D eigenvalue weighted by molar-refractivity contribution is 7.14. The highest BCUT2D eigenvalue weighted by Crippen LogP contribution is 2.39. The van der Waals surface area contributed by atoms with Crippen LogP contribution in [0, 0.1) is 0 Å².